The lowest BCUT2D eigenvalue weighted by molar-refractivity contribution is -0.160. The summed E-state index contributed by atoms with van der Waals surface area (Å²) in [5.74, 6) is 0.150. The number of carbonyl (C=O) groups is 2. The molecule has 0 saturated carbocycles. The number of hydrogen-bond acceptors (Lipinski definition) is 6. The maximum atomic E-state index is 12.5. The number of halogens is 1. The van der Waals surface area contributed by atoms with Crippen LogP contribution in [0.1, 0.15) is 41.5 Å². The normalized spacial score (nSPS) is 12.7. The van der Waals surface area contributed by atoms with Crippen molar-refractivity contribution in [1.82, 2.24) is 5.32 Å². The van der Waals surface area contributed by atoms with E-state index in [1.807, 2.05) is 20.8 Å². The second-order valence-electron chi connectivity index (χ2n) is 8.29. The molecule has 0 saturated heterocycles. The van der Waals surface area contributed by atoms with Gasteiger partial charge in [0.2, 0.25) is 0 Å². The number of ether oxygens (including phenoxy) is 4. The number of anilines is 1. The zero-order chi connectivity index (χ0) is 22.4. The van der Waals surface area contributed by atoms with Gasteiger partial charge in [0.15, 0.2) is 6.04 Å². The molecule has 1 aromatic carbocycles. The Labute approximate surface area is 177 Å². The number of nitrogens with one attached hydrogen (secondary N) is 2. The van der Waals surface area contributed by atoms with Crippen molar-refractivity contribution in [1.29, 1.82) is 0 Å². The molecule has 0 aliphatic rings. The van der Waals surface area contributed by atoms with E-state index in [0.29, 0.717) is 22.2 Å². The Kier molecular flexibility index (Phi) is 8.59. The van der Waals surface area contributed by atoms with Crippen LogP contribution in [0.15, 0.2) is 12.1 Å². The van der Waals surface area contributed by atoms with Gasteiger partial charge in [-0.05, 0) is 47.6 Å². The highest BCUT2D eigenvalue weighted by Crippen LogP contribution is 2.35. The van der Waals surface area contributed by atoms with Crippen LogP contribution < -0.4 is 20.1 Å². The second-order valence-corrected chi connectivity index (χ2v) is 8.70. The third kappa shape index (κ3) is 8.79. The predicted octanol–water partition coefficient (Wildman–Crippen LogP) is 4.00. The van der Waals surface area contributed by atoms with Gasteiger partial charge in [0.1, 0.15) is 17.1 Å². The molecule has 1 rings (SSSR count). The van der Waals surface area contributed by atoms with Crippen LogP contribution >= 0.6 is 11.6 Å². The predicted molar refractivity (Wildman–Crippen MR) is 112 cm³/mol. The van der Waals surface area contributed by atoms with Gasteiger partial charge in [-0.1, -0.05) is 11.6 Å². The first-order valence-corrected chi connectivity index (χ1v) is 9.49. The van der Waals surface area contributed by atoms with Crippen LogP contribution in [0.25, 0.3) is 0 Å². The number of hydrogen-bond donors (Lipinski definition) is 2. The molecule has 0 aromatic heterocycles. The molecule has 0 spiro atoms. The van der Waals surface area contributed by atoms with Crippen molar-refractivity contribution in [2.75, 3.05) is 26.1 Å². The zero-order valence-corrected chi connectivity index (χ0v) is 19.0. The third-order valence-electron chi connectivity index (χ3n) is 3.40. The molecule has 1 aromatic rings. The molecule has 0 aliphatic carbocycles. The van der Waals surface area contributed by atoms with E-state index in [2.05, 4.69) is 10.6 Å². The molecule has 0 radical (unpaired) electrons. The van der Waals surface area contributed by atoms with E-state index in [9.17, 15) is 9.59 Å². The topological polar surface area (TPSA) is 95.1 Å². The standard InChI is InChI=1S/C20H31ClN2O6/c1-19(2,3)28-11-14(17(24)29-20(4,5)6)23-18(25)22-13-9-12(21)15(26-7)10-16(13)27-8/h9-10,14H,11H2,1-8H3,(H2,22,23,25). The minimum atomic E-state index is -1.01. The van der Waals surface area contributed by atoms with Gasteiger partial charge in [0, 0.05) is 6.07 Å². The summed E-state index contributed by atoms with van der Waals surface area (Å²) in [6, 6.07) is 1.39. The van der Waals surface area contributed by atoms with E-state index in [-0.39, 0.29) is 6.61 Å². The fourth-order valence-electron chi connectivity index (χ4n) is 2.15. The molecule has 1 unspecified atom stereocenters. The molecule has 9 heteroatoms. The molecule has 8 nitrogen and oxygen atoms in total. The van der Waals surface area contributed by atoms with E-state index in [1.165, 1.54) is 20.3 Å². The van der Waals surface area contributed by atoms with Crippen molar-refractivity contribution in [3.8, 4) is 11.5 Å². The smallest absolute Gasteiger partial charge is 0.331 e. The first-order chi connectivity index (χ1) is 13.3. The van der Waals surface area contributed by atoms with Crippen molar-refractivity contribution in [2.24, 2.45) is 0 Å². The molecule has 164 valence electrons. The van der Waals surface area contributed by atoms with Crippen LogP contribution in [0.4, 0.5) is 10.5 Å². The average molecular weight is 431 g/mol. The highest BCUT2D eigenvalue weighted by atomic mass is 35.5. The van der Waals surface area contributed by atoms with Gasteiger partial charge >= 0.3 is 12.0 Å². The lowest BCUT2D eigenvalue weighted by Crippen LogP contribution is -2.49. The zero-order valence-electron chi connectivity index (χ0n) is 18.3. The molecule has 0 aliphatic heterocycles. The van der Waals surface area contributed by atoms with E-state index >= 15 is 0 Å². The van der Waals surface area contributed by atoms with Crippen molar-refractivity contribution >= 4 is 29.3 Å². The number of esters is 1. The van der Waals surface area contributed by atoms with Crippen molar-refractivity contribution in [3.05, 3.63) is 17.2 Å². The summed E-state index contributed by atoms with van der Waals surface area (Å²) >= 11 is 6.12. The number of carbonyl (C=O) groups excluding carboxylic acids is 2. The third-order valence-corrected chi connectivity index (χ3v) is 3.70. The number of methoxy groups -OCH3 is 2. The Morgan fingerprint density at radius 2 is 1.59 bits per heavy atom. The fraction of sp³-hybridized carbons (Fsp3) is 0.600. The summed E-state index contributed by atoms with van der Waals surface area (Å²) in [6.45, 7) is 10.7. The van der Waals surface area contributed by atoms with Crippen molar-refractivity contribution in [2.45, 2.75) is 58.8 Å². The molecule has 1 atom stereocenters. The molecule has 29 heavy (non-hydrogen) atoms. The van der Waals surface area contributed by atoms with Gasteiger partial charge < -0.3 is 29.6 Å². The van der Waals surface area contributed by atoms with Gasteiger partial charge in [0.25, 0.3) is 0 Å². The largest absolute Gasteiger partial charge is 0.495 e. The Morgan fingerprint density at radius 1 is 1.00 bits per heavy atom. The number of benzene rings is 1. The molecule has 2 amide bonds. The monoisotopic (exact) mass is 430 g/mol. The maximum absolute atomic E-state index is 12.5. The minimum absolute atomic E-state index is 0.0493. The van der Waals surface area contributed by atoms with Gasteiger partial charge in [-0.15, -0.1) is 0 Å². The highest BCUT2D eigenvalue weighted by molar-refractivity contribution is 6.32. The summed E-state index contributed by atoms with van der Waals surface area (Å²) in [5, 5.41) is 5.50. The summed E-state index contributed by atoms with van der Waals surface area (Å²) in [7, 11) is 2.92. The van der Waals surface area contributed by atoms with Gasteiger partial charge in [-0.25, -0.2) is 9.59 Å². The van der Waals surface area contributed by atoms with Gasteiger partial charge in [-0.2, -0.15) is 0 Å². The maximum Gasteiger partial charge on any atom is 0.331 e. The molecular weight excluding hydrogens is 400 g/mol. The molecule has 0 heterocycles. The Bertz CT molecular complexity index is 725. The molecule has 2 N–H and O–H groups in total. The quantitative estimate of drug-likeness (QED) is 0.635. The van der Waals surface area contributed by atoms with E-state index < -0.39 is 29.2 Å². The molecule has 0 bridgehead atoms. The van der Waals surface area contributed by atoms with Gasteiger partial charge in [-0.3, -0.25) is 0 Å². The summed E-state index contributed by atoms with van der Waals surface area (Å²) in [4.78, 5) is 25.1. The fourth-order valence-corrected chi connectivity index (χ4v) is 2.39. The number of rotatable bonds is 7. The SMILES string of the molecule is COc1cc(OC)c(NC(=O)NC(COC(C)(C)C)C(=O)OC(C)(C)C)cc1Cl. The summed E-state index contributed by atoms with van der Waals surface area (Å²) in [6.07, 6.45) is 0. The summed E-state index contributed by atoms with van der Waals surface area (Å²) < 4.78 is 21.4. The molecule has 0 fully saturated rings. The lowest BCUT2D eigenvalue weighted by Gasteiger charge is -2.27. The van der Waals surface area contributed by atoms with E-state index in [4.69, 9.17) is 30.5 Å². The highest BCUT2D eigenvalue weighted by Gasteiger charge is 2.29. The van der Waals surface area contributed by atoms with Crippen molar-refractivity contribution in [3.63, 3.8) is 0 Å². The Balaban J connectivity index is 2.96. The minimum Gasteiger partial charge on any atom is -0.495 e. The van der Waals surface area contributed by atoms with E-state index in [0.717, 1.165) is 0 Å². The first kappa shape index (κ1) is 24.8. The molecular formula is C20H31ClN2O6. The van der Waals surface area contributed by atoms with Gasteiger partial charge in [0.05, 0.1) is 37.1 Å². The Hall–Kier alpha value is -2.19. The van der Waals surface area contributed by atoms with Crippen LogP contribution in [-0.2, 0) is 14.3 Å². The number of urea groups is 1. The van der Waals surface area contributed by atoms with Crippen molar-refractivity contribution < 1.29 is 28.5 Å². The van der Waals surface area contributed by atoms with Crippen LogP contribution in [-0.4, -0.2) is 50.1 Å². The second kappa shape index (κ2) is 10.0. The van der Waals surface area contributed by atoms with Crippen LogP contribution in [0.3, 0.4) is 0 Å². The summed E-state index contributed by atoms with van der Waals surface area (Å²) in [5.41, 5.74) is -0.886. The lowest BCUT2D eigenvalue weighted by atomic mass is 10.1. The van der Waals surface area contributed by atoms with E-state index in [1.54, 1.807) is 26.8 Å². The van der Waals surface area contributed by atoms with Crippen LogP contribution in [0.5, 0.6) is 11.5 Å². The van der Waals surface area contributed by atoms with Crippen LogP contribution in [0.2, 0.25) is 5.02 Å². The first-order valence-electron chi connectivity index (χ1n) is 9.11. The Morgan fingerprint density at radius 3 is 2.07 bits per heavy atom. The average Bonchev–Trinajstić information content (AvgIpc) is 2.56. The number of amides is 2. The van der Waals surface area contributed by atoms with Crippen LogP contribution in [0, 0.1) is 0 Å².